The third kappa shape index (κ3) is 3.95. The topological polar surface area (TPSA) is 0 Å². The summed E-state index contributed by atoms with van der Waals surface area (Å²) in [5.41, 5.74) is 3.59. The monoisotopic (exact) mass is 343 g/mol. The van der Waals surface area contributed by atoms with E-state index < -0.39 is 8.07 Å². The maximum Gasteiger partial charge on any atom is 0.419 e. The Labute approximate surface area is 111 Å². The number of rotatable bonds is 1. The number of hydrogen-bond donors (Lipinski definition) is 0. The molecule has 1 aromatic rings. The lowest BCUT2D eigenvalue weighted by atomic mass is 10.2. The van der Waals surface area contributed by atoms with Crippen LogP contribution in [0.3, 0.4) is 0 Å². The van der Waals surface area contributed by atoms with Crippen LogP contribution in [0.25, 0.3) is 0 Å². The Morgan fingerprint density at radius 2 is 1.62 bits per heavy atom. The van der Waals surface area contributed by atoms with Crippen LogP contribution in [0, 0.1) is 13.0 Å². The van der Waals surface area contributed by atoms with Gasteiger partial charge >= 0.3 is 21.2 Å². The van der Waals surface area contributed by atoms with Gasteiger partial charge in [-0.15, -0.1) is 0 Å². The molecule has 0 bridgehead atoms. The van der Waals surface area contributed by atoms with Crippen molar-refractivity contribution in [3.8, 4) is 9.47 Å². The molecule has 0 N–H and O–H groups in total. The molecule has 1 aromatic carbocycles. The van der Waals surface area contributed by atoms with E-state index in [1.165, 1.54) is 3.57 Å². The van der Waals surface area contributed by atoms with Crippen molar-refractivity contribution in [3.05, 3.63) is 33.9 Å². The summed E-state index contributed by atoms with van der Waals surface area (Å²) in [6.07, 6.45) is 0. The number of hydrogen-bond acceptors (Lipinski definition) is 0. The second-order valence-electron chi connectivity index (χ2n) is 5.48. The standard InChI is InChI=1S/C14H20ISi/c1-14(2,3)16(4,5)12-11-15-13-9-7-6-8-10-13/h6-10H,1-5H3/q+1. The quantitative estimate of drug-likeness (QED) is 0.405. The molecule has 0 aliphatic carbocycles. The van der Waals surface area contributed by atoms with Crippen molar-refractivity contribution in [1.82, 2.24) is 0 Å². The predicted octanol–water partition coefficient (Wildman–Crippen LogP) is 0.954. The van der Waals surface area contributed by atoms with Crippen LogP contribution in [0.5, 0.6) is 0 Å². The van der Waals surface area contributed by atoms with Gasteiger partial charge < -0.3 is 0 Å². The largest absolute Gasteiger partial charge is 0.419 e. The molecule has 1 rings (SSSR count). The molecule has 0 radical (unpaired) electrons. The molecule has 0 aliphatic rings. The average Bonchev–Trinajstić information content (AvgIpc) is 2.17. The molecular weight excluding hydrogens is 323 g/mol. The highest BCUT2D eigenvalue weighted by atomic mass is 127. The maximum absolute atomic E-state index is 3.59. The molecule has 0 aliphatic heterocycles. The molecule has 0 saturated heterocycles. The van der Waals surface area contributed by atoms with Crippen molar-refractivity contribution in [1.29, 1.82) is 0 Å². The van der Waals surface area contributed by atoms with E-state index in [0.29, 0.717) is 5.04 Å². The molecule has 0 aromatic heterocycles. The summed E-state index contributed by atoms with van der Waals surface area (Å²) in [6.45, 7) is 11.7. The fraction of sp³-hybridized carbons (Fsp3) is 0.429. The van der Waals surface area contributed by atoms with Gasteiger partial charge in [0.05, 0.1) is 0 Å². The number of halogens is 1. The summed E-state index contributed by atoms with van der Waals surface area (Å²) < 4.78 is 4.89. The Kier molecular flexibility index (Phi) is 4.63. The van der Waals surface area contributed by atoms with E-state index >= 15 is 0 Å². The second-order valence-corrected chi connectivity index (χ2v) is 12.8. The zero-order chi connectivity index (χ0) is 12.2. The van der Waals surface area contributed by atoms with Gasteiger partial charge in [-0.3, -0.25) is 0 Å². The molecule has 0 amide bonds. The van der Waals surface area contributed by atoms with Crippen molar-refractivity contribution >= 4 is 8.07 Å². The van der Waals surface area contributed by atoms with Gasteiger partial charge in [0.15, 0.2) is 3.93 Å². The molecule has 0 heterocycles. The van der Waals surface area contributed by atoms with Gasteiger partial charge in [-0.05, 0) is 17.2 Å². The van der Waals surface area contributed by atoms with Crippen molar-refractivity contribution in [2.75, 3.05) is 0 Å². The van der Waals surface area contributed by atoms with E-state index in [1.54, 1.807) is 0 Å². The molecule has 0 spiro atoms. The van der Waals surface area contributed by atoms with Gasteiger partial charge in [0.2, 0.25) is 3.57 Å². The van der Waals surface area contributed by atoms with E-state index in [4.69, 9.17) is 0 Å². The fourth-order valence-corrected chi connectivity index (χ4v) is 5.03. The highest BCUT2D eigenvalue weighted by Gasteiger charge is 2.34. The van der Waals surface area contributed by atoms with Crippen LogP contribution in [0.1, 0.15) is 20.8 Å². The van der Waals surface area contributed by atoms with Crippen molar-refractivity contribution in [2.45, 2.75) is 38.9 Å². The van der Waals surface area contributed by atoms with Gasteiger partial charge in [0.25, 0.3) is 0 Å². The van der Waals surface area contributed by atoms with Crippen LogP contribution >= 0.6 is 0 Å². The average molecular weight is 343 g/mol. The highest BCUT2D eigenvalue weighted by molar-refractivity contribution is 6.87. The first-order valence-electron chi connectivity index (χ1n) is 5.54. The summed E-state index contributed by atoms with van der Waals surface area (Å²) in [7, 11) is -1.39. The molecule has 86 valence electrons. The minimum absolute atomic E-state index is 0.114. The first kappa shape index (κ1) is 13.8. The van der Waals surface area contributed by atoms with Gasteiger partial charge in [-0.2, -0.15) is 0 Å². The third-order valence-corrected chi connectivity index (χ3v) is 10.0. The molecule has 16 heavy (non-hydrogen) atoms. The third-order valence-electron chi connectivity index (χ3n) is 3.12. The molecule has 0 fully saturated rings. The van der Waals surface area contributed by atoms with E-state index in [-0.39, 0.29) is 21.2 Å². The summed E-state index contributed by atoms with van der Waals surface area (Å²) in [5, 5.41) is 0.375. The lowest BCUT2D eigenvalue weighted by Crippen LogP contribution is -3.59. The van der Waals surface area contributed by atoms with E-state index in [2.05, 4.69) is 73.7 Å². The SMILES string of the molecule is CC(C)(C)[Si](C)(C)C#C[I+]c1ccccc1. The molecule has 0 unspecified atom stereocenters. The molecule has 0 nitrogen and oxygen atoms in total. The van der Waals surface area contributed by atoms with Crippen LogP contribution in [-0.2, 0) is 0 Å². The Morgan fingerprint density at radius 3 is 2.12 bits per heavy atom. The van der Waals surface area contributed by atoms with Crippen LogP contribution in [0.15, 0.2) is 30.3 Å². The Bertz CT molecular complexity index is 390. The van der Waals surface area contributed by atoms with Gasteiger partial charge in [-0.1, -0.05) is 57.6 Å². The highest BCUT2D eigenvalue weighted by Crippen LogP contribution is 2.34. The lowest BCUT2D eigenvalue weighted by Gasteiger charge is -2.30. The minimum atomic E-state index is -1.39. The Balaban J connectivity index is 2.70. The summed E-state index contributed by atoms with van der Waals surface area (Å²) >= 11 is -0.114. The Hall–Kier alpha value is -0.273. The predicted molar refractivity (Wildman–Crippen MR) is 70.1 cm³/mol. The smallest absolute Gasteiger partial charge is 0.0774 e. The summed E-state index contributed by atoms with van der Waals surface area (Å²) in [6, 6.07) is 10.6. The first-order chi connectivity index (χ1) is 7.33. The summed E-state index contributed by atoms with van der Waals surface area (Å²) in [4.78, 5) is 0. The van der Waals surface area contributed by atoms with Gasteiger partial charge in [0.1, 0.15) is 8.07 Å². The van der Waals surface area contributed by atoms with E-state index in [9.17, 15) is 0 Å². The zero-order valence-corrected chi connectivity index (χ0v) is 13.9. The molecular formula is C14H20ISi+. The molecule has 0 saturated carbocycles. The first-order valence-corrected chi connectivity index (χ1v) is 10.7. The second kappa shape index (κ2) is 5.37. The summed E-state index contributed by atoms with van der Waals surface area (Å²) in [5.74, 6) is 0. The van der Waals surface area contributed by atoms with Crippen molar-refractivity contribution < 1.29 is 21.2 Å². The van der Waals surface area contributed by atoms with Crippen LogP contribution in [0.4, 0.5) is 0 Å². The van der Waals surface area contributed by atoms with Gasteiger partial charge in [-0.25, -0.2) is 0 Å². The fourth-order valence-electron chi connectivity index (χ4n) is 0.861. The lowest BCUT2D eigenvalue weighted by molar-refractivity contribution is -0.535. The molecule has 0 atom stereocenters. The molecule has 2 heteroatoms. The minimum Gasteiger partial charge on any atom is -0.0774 e. The van der Waals surface area contributed by atoms with Crippen molar-refractivity contribution in [3.63, 3.8) is 0 Å². The normalized spacial score (nSPS) is 11.8. The van der Waals surface area contributed by atoms with Crippen molar-refractivity contribution in [2.24, 2.45) is 0 Å². The van der Waals surface area contributed by atoms with Crippen LogP contribution < -0.4 is 21.2 Å². The number of benzene rings is 1. The van der Waals surface area contributed by atoms with E-state index in [0.717, 1.165) is 0 Å². The maximum atomic E-state index is 3.59. The zero-order valence-electron chi connectivity index (χ0n) is 10.8. The Morgan fingerprint density at radius 1 is 1.06 bits per heavy atom. The van der Waals surface area contributed by atoms with Gasteiger partial charge in [0, 0.05) is 0 Å². The van der Waals surface area contributed by atoms with Crippen LogP contribution in [0.2, 0.25) is 18.1 Å². The van der Waals surface area contributed by atoms with Crippen LogP contribution in [-0.4, -0.2) is 8.07 Å². The van der Waals surface area contributed by atoms with E-state index in [1.807, 2.05) is 0 Å².